The Bertz CT molecular complexity index is 892. The van der Waals surface area contributed by atoms with Crippen LogP contribution in [0, 0.1) is 17.2 Å². The predicted octanol–water partition coefficient (Wildman–Crippen LogP) is 3.78. The number of β-amino-alcohol motifs (C(OH)–C–C–N with tert-alkyl or cyclic N) is 1. The largest absolute Gasteiger partial charge is 0.392 e. The number of fused-ring (bicyclic) bond motifs is 1. The normalized spacial score (nSPS) is 32.1. The van der Waals surface area contributed by atoms with Gasteiger partial charge in [0.2, 0.25) is 0 Å². The maximum Gasteiger partial charge on any atom is 0.317 e. The van der Waals surface area contributed by atoms with E-state index in [-0.39, 0.29) is 23.6 Å². The molecule has 2 amide bonds. The highest BCUT2D eigenvalue weighted by atomic mass is 16.3. The van der Waals surface area contributed by atoms with Crippen molar-refractivity contribution in [2.24, 2.45) is 5.92 Å². The predicted molar refractivity (Wildman–Crippen MR) is 128 cm³/mol. The van der Waals surface area contributed by atoms with Gasteiger partial charge in [-0.1, -0.05) is 31.4 Å². The molecular weight excluding hydrogens is 412 g/mol. The summed E-state index contributed by atoms with van der Waals surface area (Å²) >= 11 is 0. The molecule has 1 aromatic rings. The molecule has 2 N–H and O–H groups in total. The smallest absolute Gasteiger partial charge is 0.317 e. The molecular formula is C27H38N4O2. The molecule has 1 aliphatic heterocycles. The lowest BCUT2D eigenvalue weighted by Gasteiger charge is -2.38. The Morgan fingerprint density at radius 3 is 2.82 bits per heavy atom. The Kier molecular flexibility index (Phi) is 6.62. The van der Waals surface area contributed by atoms with Crippen molar-refractivity contribution in [3.05, 3.63) is 35.4 Å². The zero-order valence-electron chi connectivity index (χ0n) is 19.7. The number of hydrogen-bond donors (Lipinski definition) is 2. The number of amides is 2. The van der Waals surface area contributed by atoms with Gasteiger partial charge in [-0.05, 0) is 74.0 Å². The van der Waals surface area contributed by atoms with Gasteiger partial charge < -0.3 is 15.3 Å². The molecule has 33 heavy (non-hydrogen) atoms. The molecule has 0 aromatic heterocycles. The zero-order valence-corrected chi connectivity index (χ0v) is 19.7. The first kappa shape index (κ1) is 22.7. The Morgan fingerprint density at radius 1 is 1.24 bits per heavy atom. The van der Waals surface area contributed by atoms with Crippen LogP contribution in [-0.2, 0) is 5.41 Å². The highest BCUT2D eigenvalue weighted by Gasteiger charge is 2.58. The number of benzene rings is 1. The number of hydrogen-bond acceptors (Lipinski definition) is 4. The minimum Gasteiger partial charge on any atom is -0.392 e. The molecule has 6 nitrogen and oxygen atoms in total. The summed E-state index contributed by atoms with van der Waals surface area (Å²) in [6.45, 7) is 3.22. The van der Waals surface area contributed by atoms with Gasteiger partial charge in [0, 0.05) is 38.3 Å². The van der Waals surface area contributed by atoms with Crippen LogP contribution >= 0.6 is 0 Å². The molecule has 3 saturated carbocycles. The Balaban J connectivity index is 1.25. The summed E-state index contributed by atoms with van der Waals surface area (Å²) in [7, 11) is 0. The molecule has 4 atom stereocenters. The lowest BCUT2D eigenvalue weighted by atomic mass is 9.80. The molecule has 1 heterocycles. The number of carbonyl (C=O) groups is 1. The Morgan fingerprint density at radius 2 is 2.09 bits per heavy atom. The number of rotatable bonds is 6. The summed E-state index contributed by atoms with van der Waals surface area (Å²) in [6, 6.07) is 11.2. The van der Waals surface area contributed by atoms with Gasteiger partial charge in [0.15, 0.2) is 0 Å². The number of aliphatic hydroxyl groups excluding tert-OH is 1. The fourth-order valence-electron chi connectivity index (χ4n) is 6.76. The third-order valence-electron chi connectivity index (χ3n) is 8.82. The molecule has 1 aromatic carbocycles. The first-order valence-corrected chi connectivity index (χ1v) is 13.1. The molecule has 0 spiro atoms. The van der Waals surface area contributed by atoms with Gasteiger partial charge >= 0.3 is 6.03 Å². The quantitative estimate of drug-likeness (QED) is 0.691. The van der Waals surface area contributed by atoms with Crippen LogP contribution in [0.4, 0.5) is 4.79 Å². The number of carbonyl (C=O) groups excluding carboxylic acids is 1. The maximum absolute atomic E-state index is 13.4. The summed E-state index contributed by atoms with van der Waals surface area (Å²) in [5.41, 5.74) is 2.28. The number of urea groups is 1. The van der Waals surface area contributed by atoms with E-state index in [4.69, 9.17) is 0 Å². The number of nitrogens with zero attached hydrogens (tertiary/aromatic N) is 3. The van der Waals surface area contributed by atoms with Crippen molar-refractivity contribution in [2.75, 3.05) is 26.2 Å². The summed E-state index contributed by atoms with van der Waals surface area (Å²) in [5, 5.41) is 22.6. The van der Waals surface area contributed by atoms with Crippen LogP contribution in [0.2, 0.25) is 0 Å². The third-order valence-corrected chi connectivity index (χ3v) is 8.82. The molecule has 1 unspecified atom stereocenters. The highest BCUT2D eigenvalue weighted by Crippen LogP contribution is 2.62. The Labute approximate surface area is 197 Å². The number of nitriles is 1. The molecule has 4 aliphatic rings. The van der Waals surface area contributed by atoms with Crippen LogP contribution in [-0.4, -0.2) is 65.3 Å². The van der Waals surface area contributed by atoms with Crippen molar-refractivity contribution in [3.8, 4) is 6.07 Å². The van der Waals surface area contributed by atoms with Gasteiger partial charge in [0.1, 0.15) is 0 Å². The minimum atomic E-state index is -0.222. The van der Waals surface area contributed by atoms with Crippen molar-refractivity contribution in [3.63, 3.8) is 0 Å². The minimum absolute atomic E-state index is 0.117. The average molecular weight is 451 g/mol. The summed E-state index contributed by atoms with van der Waals surface area (Å²) in [6.07, 6.45) is 10.9. The maximum atomic E-state index is 13.4. The summed E-state index contributed by atoms with van der Waals surface area (Å²) < 4.78 is 0. The summed E-state index contributed by atoms with van der Waals surface area (Å²) in [4.78, 5) is 17.9. The van der Waals surface area contributed by atoms with Crippen LogP contribution in [0.25, 0.3) is 0 Å². The van der Waals surface area contributed by atoms with Crippen LogP contribution in [0.3, 0.4) is 0 Å². The Hall–Kier alpha value is -2.10. The molecule has 1 saturated heterocycles. The topological polar surface area (TPSA) is 79.6 Å². The first-order valence-electron chi connectivity index (χ1n) is 13.1. The van der Waals surface area contributed by atoms with Gasteiger partial charge in [-0.3, -0.25) is 4.90 Å². The lowest BCUT2D eigenvalue weighted by Crippen LogP contribution is -2.52. The number of aliphatic hydroxyl groups is 1. The second-order valence-electron chi connectivity index (χ2n) is 10.9. The van der Waals surface area contributed by atoms with E-state index < -0.39 is 0 Å². The number of nitrogens with one attached hydrogen (secondary N) is 1. The van der Waals surface area contributed by atoms with E-state index in [1.807, 2.05) is 12.1 Å². The van der Waals surface area contributed by atoms with E-state index >= 15 is 0 Å². The molecule has 4 fully saturated rings. The van der Waals surface area contributed by atoms with Gasteiger partial charge in [-0.15, -0.1) is 0 Å². The zero-order chi connectivity index (χ0) is 22.8. The fraction of sp³-hybridized carbons (Fsp3) is 0.704. The summed E-state index contributed by atoms with van der Waals surface area (Å²) in [5.74, 6) is 0.601. The van der Waals surface area contributed by atoms with Gasteiger partial charge in [-0.25, -0.2) is 4.79 Å². The van der Waals surface area contributed by atoms with Gasteiger partial charge in [0.25, 0.3) is 0 Å². The second kappa shape index (κ2) is 9.64. The van der Waals surface area contributed by atoms with Gasteiger partial charge in [0.05, 0.1) is 17.7 Å². The highest BCUT2D eigenvalue weighted by molar-refractivity contribution is 5.75. The molecule has 5 rings (SSSR count). The second-order valence-corrected chi connectivity index (χ2v) is 10.9. The van der Waals surface area contributed by atoms with E-state index in [1.165, 1.54) is 31.2 Å². The van der Waals surface area contributed by atoms with E-state index in [2.05, 4.69) is 33.3 Å². The van der Waals surface area contributed by atoms with Crippen molar-refractivity contribution in [1.29, 1.82) is 5.26 Å². The van der Waals surface area contributed by atoms with Crippen molar-refractivity contribution in [2.45, 2.75) is 87.8 Å². The van der Waals surface area contributed by atoms with E-state index in [0.29, 0.717) is 12.0 Å². The molecule has 0 bridgehead atoms. The van der Waals surface area contributed by atoms with Gasteiger partial charge in [-0.2, -0.15) is 5.26 Å². The third kappa shape index (κ3) is 4.90. The van der Waals surface area contributed by atoms with E-state index in [9.17, 15) is 15.2 Å². The van der Waals surface area contributed by atoms with Crippen molar-refractivity contribution in [1.82, 2.24) is 15.1 Å². The molecule has 178 valence electrons. The van der Waals surface area contributed by atoms with Crippen LogP contribution in [0.5, 0.6) is 0 Å². The average Bonchev–Trinajstić information content (AvgIpc) is 3.44. The molecule has 0 radical (unpaired) electrons. The fourth-order valence-corrected chi connectivity index (χ4v) is 6.76. The standard InChI is InChI=1S/C27H38N4O2/c28-18-20-5-4-6-21(15-20)27-11-9-24(16-22(27)17-27)31(14-13-30-12-10-25(32)19-30)26(33)29-23-7-2-1-3-8-23/h4-6,15,22-25,32H,1-3,7-14,16-17,19H2,(H,29,33)/t22?,24-,25-,27-/m1/s1. The number of likely N-dealkylation sites (tertiary alicyclic amines) is 1. The van der Waals surface area contributed by atoms with E-state index in [0.717, 1.165) is 70.3 Å². The van der Waals surface area contributed by atoms with Crippen LogP contribution in [0.15, 0.2) is 24.3 Å². The van der Waals surface area contributed by atoms with Crippen molar-refractivity contribution >= 4 is 6.03 Å². The SMILES string of the molecule is N#Cc1cccc([C@]23CC[C@@H](N(CCN4CC[C@@H](O)C4)C(=O)NC4CCCCC4)CC2C3)c1. The van der Waals surface area contributed by atoms with Crippen molar-refractivity contribution < 1.29 is 9.90 Å². The lowest BCUT2D eigenvalue weighted by molar-refractivity contribution is 0.130. The van der Waals surface area contributed by atoms with Crippen LogP contribution < -0.4 is 5.32 Å². The molecule has 3 aliphatic carbocycles. The first-order chi connectivity index (χ1) is 16.1. The monoisotopic (exact) mass is 450 g/mol. The van der Waals surface area contributed by atoms with E-state index in [1.54, 1.807) is 0 Å². The van der Waals surface area contributed by atoms with Crippen LogP contribution in [0.1, 0.15) is 75.3 Å². The molecule has 6 heteroatoms.